The summed E-state index contributed by atoms with van der Waals surface area (Å²) in [4.78, 5) is 14.5. The number of morpholine rings is 1. The molecule has 0 saturated carbocycles. The molecule has 3 rings (SSSR count). The van der Waals surface area contributed by atoms with E-state index in [1.165, 1.54) is 5.56 Å². The summed E-state index contributed by atoms with van der Waals surface area (Å²) in [6.07, 6.45) is 1.47. The lowest BCUT2D eigenvalue weighted by Gasteiger charge is -2.28. The highest BCUT2D eigenvalue weighted by atomic mass is 16.5. The van der Waals surface area contributed by atoms with Crippen LogP contribution in [0.3, 0.4) is 0 Å². The lowest BCUT2D eigenvalue weighted by Crippen LogP contribution is -2.46. The standard InChI is InChI=1S/C15H20N2O2/c1-11-8-12-4-2-3-5-14(12)17(11)15(18)9-13-10-19-7-6-16-13/h2-5,11,13,16H,6-10H2,1H3/t11-,13-/m1/s1. The van der Waals surface area contributed by atoms with Crippen LogP contribution in [0.15, 0.2) is 24.3 Å². The normalized spacial score (nSPS) is 26.3. The molecule has 4 heteroatoms. The van der Waals surface area contributed by atoms with Gasteiger partial charge in [-0.2, -0.15) is 0 Å². The molecule has 0 bridgehead atoms. The maximum absolute atomic E-state index is 12.5. The molecule has 2 aliphatic heterocycles. The fourth-order valence-electron chi connectivity index (χ4n) is 3.01. The van der Waals surface area contributed by atoms with E-state index in [0.29, 0.717) is 13.0 Å². The Morgan fingerprint density at radius 3 is 3.11 bits per heavy atom. The molecular weight excluding hydrogens is 240 g/mol. The number of benzene rings is 1. The fraction of sp³-hybridized carbons (Fsp3) is 0.533. The molecule has 2 atom stereocenters. The first kappa shape index (κ1) is 12.6. The Morgan fingerprint density at radius 1 is 1.47 bits per heavy atom. The van der Waals surface area contributed by atoms with Gasteiger partial charge in [0.2, 0.25) is 5.91 Å². The van der Waals surface area contributed by atoms with Gasteiger partial charge in [-0.05, 0) is 25.0 Å². The van der Waals surface area contributed by atoms with E-state index in [1.54, 1.807) is 0 Å². The molecule has 0 aromatic heterocycles. The maximum atomic E-state index is 12.5. The van der Waals surface area contributed by atoms with Crippen molar-refractivity contribution in [3.05, 3.63) is 29.8 Å². The maximum Gasteiger partial charge on any atom is 0.228 e. The van der Waals surface area contributed by atoms with Crippen molar-refractivity contribution in [2.24, 2.45) is 0 Å². The molecule has 1 fully saturated rings. The second kappa shape index (κ2) is 5.31. The van der Waals surface area contributed by atoms with Crippen LogP contribution in [-0.2, 0) is 16.0 Å². The molecule has 0 unspecified atom stereocenters. The summed E-state index contributed by atoms with van der Waals surface area (Å²) in [5, 5.41) is 3.34. The van der Waals surface area contributed by atoms with Crippen molar-refractivity contribution in [1.82, 2.24) is 5.32 Å². The SMILES string of the molecule is C[C@@H]1Cc2ccccc2N1C(=O)C[C@@H]1COCCN1. The van der Waals surface area contributed by atoms with Crippen molar-refractivity contribution in [2.45, 2.75) is 31.8 Å². The average molecular weight is 260 g/mol. The molecule has 1 amide bonds. The predicted octanol–water partition coefficient (Wildman–Crippen LogP) is 1.34. The van der Waals surface area contributed by atoms with Crippen molar-refractivity contribution in [3.8, 4) is 0 Å². The van der Waals surface area contributed by atoms with Crippen LogP contribution in [0.5, 0.6) is 0 Å². The van der Waals surface area contributed by atoms with Crippen molar-refractivity contribution >= 4 is 11.6 Å². The van der Waals surface area contributed by atoms with Crippen LogP contribution in [0.4, 0.5) is 5.69 Å². The number of rotatable bonds is 2. The number of para-hydroxylation sites is 1. The Morgan fingerprint density at radius 2 is 2.32 bits per heavy atom. The monoisotopic (exact) mass is 260 g/mol. The Kier molecular flexibility index (Phi) is 3.53. The number of nitrogens with one attached hydrogen (secondary N) is 1. The smallest absolute Gasteiger partial charge is 0.228 e. The second-order valence-electron chi connectivity index (χ2n) is 5.38. The van der Waals surface area contributed by atoms with E-state index in [0.717, 1.165) is 25.3 Å². The van der Waals surface area contributed by atoms with E-state index in [9.17, 15) is 4.79 Å². The second-order valence-corrected chi connectivity index (χ2v) is 5.38. The summed E-state index contributed by atoms with van der Waals surface area (Å²) >= 11 is 0. The molecule has 0 radical (unpaired) electrons. The van der Waals surface area contributed by atoms with Crippen LogP contribution in [0.1, 0.15) is 18.9 Å². The molecule has 1 aromatic rings. The molecule has 1 N–H and O–H groups in total. The van der Waals surface area contributed by atoms with Gasteiger partial charge in [-0.25, -0.2) is 0 Å². The third-order valence-electron chi connectivity index (χ3n) is 3.90. The van der Waals surface area contributed by atoms with E-state index in [1.807, 2.05) is 23.1 Å². The van der Waals surface area contributed by atoms with Crippen LogP contribution >= 0.6 is 0 Å². The van der Waals surface area contributed by atoms with Gasteiger partial charge in [-0.3, -0.25) is 4.79 Å². The molecular formula is C15H20N2O2. The molecule has 1 aromatic carbocycles. The van der Waals surface area contributed by atoms with Gasteiger partial charge in [-0.1, -0.05) is 18.2 Å². The minimum absolute atomic E-state index is 0.154. The molecule has 4 nitrogen and oxygen atoms in total. The Bertz CT molecular complexity index is 469. The fourth-order valence-corrected chi connectivity index (χ4v) is 3.01. The molecule has 0 spiro atoms. The third-order valence-corrected chi connectivity index (χ3v) is 3.90. The number of hydrogen-bond acceptors (Lipinski definition) is 3. The lowest BCUT2D eigenvalue weighted by atomic mass is 10.1. The van der Waals surface area contributed by atoms with Gasteiger partial charge in [0.25, 0.3) is 0 Å². The van der Waals surface area contributed by atoms with Crippen molar-refractivity contribution < 1.29 is 9.53 Å². The number of nitrogens with zero attached hydrogens (tertiary/aromatic N) is 1. The number of ether oxygens (including phenoxy) is 1. The summed E-state index contributed by atoms with van der Waals surface area (Å²) < 4.78 is 5.41. The van der Waals surface area contributed by atoms with Gasteiger partial charge >= 0.3 is 0 Å². The Balaban J connectivity index is 1.72. The largest absolute Gasteiger partial charge is 0.378 e. The van der Waals surface area contributed by atoms with Crippen molar-refractivity contribution in [1.29, 1.82) is 0 Å². The minimum Gasteiger partial charge on any atom is -0.378 e. The highest BCUT2D eigenvalue weighted by molar-refractivity contribution is 5.96. The first-order valence-corrected chi connectivity index (χ1v) is 6.97. The molecule has 102 valence electrons. The topological polar surface area (TPSA) is 41.6 Å². The van der Waals surface area contributed by atoms with Gasteiger partial charge in [-0.15, -0.1) is 0 Å². The zero-order chi connectivity index (χ0) is 13.2. The van der Waals surface area contributed by atoms with Gasteiger partial charge < -0.3 is 15.0 Å². The number of anilines is 1. The van der Waals surface area contributed by atoms with Crippen LogP contribution in [0.2, 0.25) is 0 Å². The first-order chi connectivity index (χ1) is 9.25. The molecule has 1 saturated heterocycles. The Hall–Kier alpha value is -1.39. The van der Waals surface area contributed by atoms with Crippen LogP contribution in [0.25, 0.3) is 0 Å². The average Bonchev–Trinajstić information content (AvgIpc) is 2.75. The van der Waals surface area contributed by atoms with Crippen LogP contribution in [-0.4, -0.2) is 37.7 Å². The molecule has 19 heavy (non-hydrogen) atoms. The zero-order valence-electron chi connectivity index (χ0n) is 11.3. The van der Waals surface area contributed by atoms with Gasteiger partial charge in [0.15, 0.2) is 0 Å². The number of carbonyl (C=O) groups is 1. The summed E-state index contributed by atoms with van der Waals surface area (Å²) in [5.74, 6) is 0.195. The summed E-state index contributed by atoms with van der Waals surface area (Å²) in [7, 11) is 0. The van der Waals surface area contributed by atoms with E-state index in [4.69, 9.17) is 4.74 Å². The number of fused-ring (bicyclic) bond motifs is 1. The third kappa shape index (κ3) is 2.51. The number of amides is 1. The zero-order valence-corrected chi connectivity index (χ0v) is 11.3. The predicted molar refractivity (Wildman–Crippen MR) is 74.3 cm³/mol. The highest BCUT2D eigenvalue weighted by Gasteiger charge is 2.31. The quantitative estimate of drug-likeness (QED) is 0.872. The molecule has 2 aliphatic rings. The van der Waals surface area contributed by atoms with Gasteiger partial charge in [0.05, 0.1) is 13.2 Å². The molecule has 2 heterocycles. The first-order valence-electron chi connectivity index (χ1n) is 6.97. The Labute approximate surface area is 113 Å². The van der Waals surface area contributed by atoms with Crippen molar-refractivity contribution in [2.75, 3.05) is 24.7 Å². The summed E-state index contributed by atoms with van der Waals surface area (Å²) in [5.41, 5.74) is 2.35. The van der Waals surface area contributed by atoms with Crippen LogP contribution < -0.4 is 10.2 Å². The van der Waals surface area contributed by atoms with E-state index in [2.05, 4.69) is 18.3 Å². The number of carbonyl (C=O) groups excluding carboxylic acids is 1. The molecule has 0 aliphatic carbocycles. The van der Waals surface area contributed by atoms with Crippen LogP contribution in [0, 0.1) is 0 Å². The lowest BCUT2D eigenvalue weighted by molar-refractivity contribution is -0.120. The van der Waals surface area contributed by atoms with Gasteiger partial charge in [0.1, 0.15) is 0 Å². The van der Waals surface area contributed by atoms with E-state index < -0.39 is 0 Å². The van der Waals surface area contributed by atoms with Gasteiger partial charge in [0, 0.05) is 30.7 Å². The van der Waals surface area contributed by atoms with Crippen molar-refractivity contribution in [3.63, 3.8) is 0 Å². The van der Waals surface area contributed by atoms with E-state index >= 15 is 0 Å². The summed E-state index contributed by atoms with van der Waals surface area (Å²) in [6, 6.07) is 8.60. The minimum atomic E-state index is 0.154. The van der Waals surface area contributed by atoms with E-state index in [-0.39, 0.29) is 18.0 Å². The number of hydrogen-bond donors (Lipinski definition) is 1. The summed E-state index contributed by atoms with van der Waals surface area (Å²) in [6.45, 7) is 4.33. The highest BCUT2D eigenvalue weighted by Crippen LogP contribution is 2.32.